The van der Waals surface area contributed by atoms with Crippen LogP contribution in [-0.2, 0) is 16.0 Å². The Hall–Kier alpha value is -2.72. The highest BCUT2D eigenvalue weighted by atomic mass is 32.2. The lowest BCUT2D eigenvalue weighted by atomic mass is 10.1. The number of halogens is 1. The van der Waals surface area contributed by atoms with Gasteiger partial charge in [-0.25, -0.2) is 14.4 Å². The number of Topliss-reactive ketones (excluding diaryl/α,β-unsaturated/α-hetero) is 1. The molecule has 8 nitrogen and oxygen atoms in total. The Bertz CT molecular complexity index is 1090. The molecule has 3 aliphatic rings. The second kappa shape index (κ2) is 9.14. The smallest absolute Gasteiger partial charge is 0.268 e. The highest BCUT2D eigenvalue weighted by Crippen LogP contribution is 2.34. The zero-order valence-electron chi connectivity index (χ0n) is 19.1. The number of anilines is 2. The highest BCUT2D eigenvalue weighted by molar-refractivity contribution is 7.92. The summed E-state index contributed by atoms with van der Waals surface area (Å²) < 4.78 is 32.3. The van der Waals surface area contributed by atoms with E-state index in [-0.39, 0.29) is 39.4 Å². The molecular formula is C24H27FN4O4S. The third-order valence-electron chi connectivity index (χ3n) is 6.45. The Kier molecular flexibility index (Phi) is 6.20. The van der Waals surface area contributed by atoms with Crippen LogP contribution in [-0.4, -0.2) is 62.4 Å². The molecule has 0 bridgehead atoms. The van der Waals surface area contributed by atoms with Crippen LogP contribution in [0, 0.1) is 11.7 Å². The van der Waals surface area contributed by atoms with E-state index in [2.05, 4.69) is 9.97 Å². The summed E-state index contributed by atoms with van der Waals surface area (Å²) in [5, 5.41) is 0.263. The van der Waals surface area contributed by atoms with Crippen molar-refractivity contribution in [1.82, 2.24) is 9.97 Å². The van der Waals surface area contributed by atoms with E-state index in [4.69, 9.17) is 4.74 Å². The molecule has 34 heavy (non-hydrogen) atoms. The molecule has 0 radical (unpaired) electrons. The van der Waals surface area contributed by atoms with Crippen LogP contribution in [0.25, 0.3) is 0 Å². The van der Waals surface area contributed by atoms with Crippen molar-refractivity contribution < 1.29 is 23.3 Å². The Morgan fingerprint density at radius 2 is 1.91 bits per heavy atom. The zero-order chi connectivity index (χ0) is 24.0. The van der Waals surface area contributed by atoms with E-state index in [0.29, 0.717) is 37.7 Å². The molecule has 1 aromatic carbocycles. The summed E-state index contributed by atoms with van der Waals surface area (Å²) >= 11 is -0.865. The molecular weight excluding hydrogens is 459 g/mol. The van der Waals surface area contributed by atoms with Crippen molar-refractivity contribution in [2.24, 2.45) is 5.92 Å². The Balaban J connectivity index is 1.18. The lowest BCUT2D eigenvalue weighted by Gasteiger charge is -2.40. The fourth-order valence-electron chi connectivity index (χ4n) is 4.27. The van der Waals surface area contributed by atoms with Crippen molar-refractivity contribution in [3.63, 3.8) is 0 Å². The van der Waals surface area contributed by atoms with Gasteiger partial charge in [-0.3, -0.25) is 9.59 Å². The Morgan fingerprint density at radius 1 is 1.21 bits per heavy atom. The minimum Gasteiger partial charge on any atom is -0.616 e. The first-order chi connectivity index (χ1) is 16.3. The average Bonchev–Trinajstić information content (AvgIpc) is 3.57. The van der Waals surface area contributed by atoms with Crippen molar-refractivity contribution in [2.75, 3.05) is 29.4 Å². The molecule has 0 spiro atoms. The topological polar surface area (TPSA) is 98.7 Å². The van der Waals surface area contributed by atoms with Crippen LogP contribution < -0.4 is 14.5 Å². The normalized spacial score (nSPS) is 21.7. The largest absolute Gasteiger partial charge is 0.616 e. The predicted octanol–water partition coefficient (Wildman–Crippen LogP) is 2.74. The maximum Gasteiger partial charge on any atom is 0.268 e. The molecule has 2 atom stereocenters. The van der Waals surface area contributed by atoms with Gasteiger partial charge in [0.15, 0.2) is 17.1 Å². The number of rotatable bonds is 8. The number of nitrogens with zero attached hydrogens (tertiary/aromatic N) is 4. The van der Waals surface area contributed by atoms with Gasteiger partial charge in [0.1, 0.15) is 16.8 Å². The lowest BCUT2D eigenvalue weighted by molar-refractivity contribution is -0.122. The SMILES string of the molecule is CC(C)[S+]([O-])C1CN(c2ncc(N3CC[C@@H](Oc4ccc(C(=O)C5CC5)c(F)c4)C3=O)cn2)C1. The second-order valence-electron chi connectivity index (χ2n) is 9.31. The summed E-state index contributed by atoms with van der Waals surface area (Å²) in [6, 6.07) is 4.15. The molecule has 180 valence electrons. The number of hydrogen-bond donors (Lipinski definition) is 0. The van der Waals surface area contributed by atoms with Gasteiger partial charge >= 0.3 is 0 Å². The molecule has 1 unspecified atom stereocenters. The molecule has 1 amide bonds. The lowest BCUT2D eigenvalue weighted by Crippen LogP contribution is -2.56. The van der Waals surface area contributed by atoms with Crippen LogP contribution in [0.2, 0.25) is 0 Å². The van der Waals surface area contributed by atoms with Gasteiger partial charge in [-0.2, -0.15) is 0 Å². The van der Waals surface area contributed by atoms with Crippen LogP contribution in [0.1, 0.15) is 43.5 Å². The first-order valence-corrected chi connectivity index (χ1v) is 12.9. The number of benzene rings is 1. The summed E-state index contributed by atoms with van der Waals surface area (Å²) in [4.78, 5) is 37.3. The first-order valence-electron chi connectivity index (χ1n) is 11.6. The van der Waals surface area contributed by atoms with E-state index in [1.165, 1.54) is 12.1 Å². The monoisotopic (exact) mass is 486 g/mol. The Morgan fingerprint density at radius 3 is 2.53 bits per heavy atom. The van der Waals surface area contributed by atoms with E-state index >= 15 is 0 Å². The van der Waals surface area contributed by atoms with Crippen molar-refractivity contribution in [2.45, 2.75) is 49.7 Å². The van der Waals surface area contributed by atoms with Crippen LogP contribution >= 0.6 is 0 Å². The van der Waals surface area contributed by atoms with Gasteiger partial charge in [-0.1, -0.05) is 0 Å². The maximum absolute atomic E-state index is 14.4. The van der Waals surface area contributed by atoms with Crippen molar-refractivity contribution in [1.29, 1.82) is 0 Å². The van der Waals surface area contributed by atoms with Crippen LogP contribution in [0.4, 0.5) is 16.0 Å². The van der Waals surface area contributed by atoms with Crippen LogP contribution in [0.15, 0.2) is 30.6 Å². The minimum absolute atomic E-state index is 0.0635. The summed E-state index contributed by atoms with van der Waals surface area (Å²) in [5.74, 6) is -0.319. The molecule has 3 heterocycles. The number of ketones is 1. The fourth-order valence-corrected chi connectivity index (χ4v) is 5.69. The third-order valence-corrected chi connectivity index (χ3v) is 8.33. The van der Waals surface area contributed by atoms with Crippen LogP contribution in [0.3, 0.4) is 0 Å². The molecule has 3 fully saturated rings. The van der Waals surface area contributed by atoms with Crippen molar-refractivity contribution in [3.8, 4) is 5.75 Å². The van der Waals surface area contributed by atoms with E-state index in [1.807, 2.05) is 18.7 Å². The van der Waals surface area contributed by atoms with Gasteiger partial charge in [-0.05, 0) is 50.0 Å². The molecule has 2 aliphatic heterocycles. The molecule has 2 saturated heterocycles. The minimum atomic E-state index is -0.865. The van der Waals surface area contributed by atoms with Gasteiger partial charge in [-0.15, -0.1) is 0 Å². The summed E-state index contributed by atoms with van der Waals surface area (Å²) in [7, 11) is 0. The fraction of sp³-hybridized carbons (Fsp3) is 0.500. The Labute approximate surface area is 200 Å². The molecule has 0 N–H and O–H groups in total. The summed E-state index contributed by atoms with van der Waals surface area (Å²) in [6.45, 7) is 5.66. The number of ether oxygens (including phenoxy) is 1. The van der Waals surface area contributed by atoms with Gasteiger partial charge in [0.05, 0.1) is 36.7 Å². The number of hydrogen-bond acceptors (Lipinski definition) is 7. The van der Waals surface area contributed by atoms with Crippen molar-refractivity contribution in [3.05, 3.63) is 42.0 Å². The van der Waals surface area contributed by atoms with E-state index in [9.17, 15) is 18.5 Å². The van der Waals surface area contributed by atoms with Crippen molar-refractivity contribution >= 4 is 34.5 Å². The highest BCUT2D eigenvalue weighted by Gasteiger charge is 2.39. The number of aromatic nitrogens is 2. The molecule has 2 aromatic rings. The number of amides is 1. The van der Waals surface area contributed by atoms with Gasteiger partial charge in [0.2, 0.25) is 5.95 Å². The maximum atomic E-state index is 14.4. The second-order valence-corrected chi connectivity index (χ2v) is 11.6. The average molecular weight is 487 g/mol. The summed E-state index contributed by atoms with van der Waals surface area (Å²) in [5.41, 5.74) is 0.648. The first kappa shape index (κ1) is 23.0. The number of carbonyl (C=O) groups is 2. The van der Waals surface area contributed by atoms with E-state index < -0.39 is 23.1 Å². The van der Waals surface area contributed by atoms with Gasteiger partial charge < -0.3 is 19.1 Å². The quantitative estimate of drug-likeness (QED) is 0.418. The molecule has 1 saturated carbocycles. The van der Waals surface area contributed by atoms with E-state index in [1.54, 1.807) is 23.4 Å². The van der Waals surface area contributed by atoms with Gasteiger partial charge in [0, 0.05) is 24.9 Å². The molecule has 5 rings (SSSR count). The molecule has 1 aromatic heterocycles. The van der Waals surface area contributed by atoms with E-state index in [0.717, 1.165) is 12.8 Å². The van der Waals surface area contributed by atoms with Gasteiger partial charge in [0.25, 0.3) is 5.91 Å². The zero-order valence-corrected chi connectivity index (χ0v) is 20.0. The summed E-state index contributed by atoms with van der Waals surface area (Å²) in [6.07, 6.45) is 4.53. The predicted molar refractivity (Wildman–Crippen MR) is 126 cm³/mol. The standard InChI is InChI=1S/C24H27FN4O4S/c1-14(2)34(32)18-12-28(13-18)24-26-10-16(11-27-24)29-8-7-21(23(29)31)33-17-5-6-19(20(25)9-17)22(30)15-3-4-15/h5-6,9-11,14-15,18,21H,3-4,7-8,12-13H2,1-2H3/t21-,34?/m1/s1. The molecule has 1 aliphatic carbocycles. The third kappa shape index (κ3) is 4.48. The number of carbonyl (C=O) groups excluding carboxylic acids is 2. The van der Waals surface area contributed by atoms with Crippen LogP contribution in [0.5, 0.6) is 5.75 Å². The molecule has 10 heteroatoms.